The molecule has 0 aliphatic carbocycles. The van der Waals surface area contributed by atoms with Gasteiger partial charge in [-0.05, 0) is 57.5 Å². The fraction of sp³-hybridized carbons (Fsp3) is 0.500. The van der Waals surface area contributed by atoms with Crippen LogP contribution in [0.1, 0.15) is 35.7 Å². The molecular formula is C14H20BrClN2O. The second-order valence-electron chi connectivity index (χ2n) is 5.22. The van der Waals surface area contributed by atoms with E-state index in [9.17, 15) is 4.79 Å². The molecule has 0 radical (unpaired) electrons. The molecule has 0 spiro atoms. The fourth-order valence-electron chi connectivity index (χ4n) is 2.28. The zero-order chi connectivity index (χ0) is 13.2. The van der Waals surface area contributed by atoms with Crippen LogP contribution in [-0.2, 0) is 0 Å². The van der Waals surface area contributed by atoms with E-state index in [0.717, 1.165) is 41.5 Å². The standard InChI is InChI=1S/C14H19BrN2O.ClH/c1-10-3-4-11(15)9-12(10)13(18)17-14(2)5-7-16-8-6-14;/h3-4,9,16H,5-8H2,1-2H3,(H,17,18);1H. The lowest BCUT2D eigenvalue weighted by atomic mass is 9.90. The van der Waals surface area contributed by atoms with Gasteiger partial charge in [-0.3, -0.25) is 4.79 Å². The maximum atomic E-state index is 12.3. The van der Waals surface area contributed by atoms with Crippen molar-refractivity contribution in [2.24, 2.45) is 0 Å². The normalized spacial score (nSPS) is 17.4. The number of nitrogens with one attached hydrogen (secondary N) is 2. The highest BCUT2D eigenvalue weighted by Gasteiger charge is 2.28. The Kier molecular flexibility index (Phi) is 5.83. The lowest BCUT2D eigenvalue weighted by molar-refractivity contribution is 0.0887. The third-order valence-corrected chi connectivity index (χ3v) is 4.06. The minimum Gasteiger partial charge on any atom is -0.347 e. The van der Waals surface area contributed by atoms with Crippen LogP contribution in [0.5, 0.6) is 0 Å². The molecule has 0 unspecified atom stereocenters. The highest BCUT2D eigenvalue weighted by atomic mass is 79.9. The molecule has 0 aromatic heterocycles. The summed E-state index contributed by atoms with van der Waals surface area (Å²) in [7, 11) is 0. The molecule has 1 heterocycles. The van der Waals surface area contributed by atoms with Crippen LogP contribution in [0.2, 0.25) is 0 Å². The molecule has 1 saturated heterocycles. The van der Waals surface area contributed by atoms with E-state index in [4.69, 9.17) is 0 Å². The van der Waals surface area contributed by atoms with Gasteiger partial charge in [0.15, 0.2) is 0 Å². The van der Waals surface area contributed by atoms with Gasteiger partial charge in [0, 0.05) is 15.6 Å². The van der Waals surface area contributed by atoms with Crippen LogP contribution in [-0.4, -0.2) is 24.5 Å². The van der Waals surface area contributed by atoms with E-state index in [1.54, 1.807) is 0 Å². The highest BCUT2D eigenvalue weighted by molar-refractivity contribution is 9.10. The van der Waals surface area contributed by atoms with Gasteiger partial charge in [0.2, 0.25) is 0 Å². The Morgan fingerprint density at radius 3 is 2.63 bits per heavy atom. The first-order chi connectivity index (χ1) is 8.50. The number of rotatable bonds is 2. The monoisotopic (exact) mass is 346 g/mol. The van der Waals surface area contributed by atoms with Gasteiger partial charge >= 0.3 is 0 Å². The predicted octanol–water partition coefficient (Wildman–Crippen LogP) is 3.05. The van der Waals surface area contributed by atoms with Gasteiger partial charge in [-0.15, -0.1) is 12.4 Å². The van der Waals surface area contributed by atoms with Gasteiger partial charge in [0.25, 0.3) is 5.91 Å². The van der Waals surface area contributed by atoms with Crippen molar-refractivity contribution in [3.63, 3.8) is 0 Å². The number of halogens is 2. The summed E-state index contributed by atoms with van der Waals surface area (Å²) in [6.45, 7) is 6.02. The quantitative estimate of drug-likeness (QED) is 0.863. The molecule has 1 aliphatic heterocycles. The molecule has 0 saturated carbocycles. The Morgan fingerprint density at radius 2 is 2.00 bits per heavy atom. The fourth-order valence-corrected chi connectivity index (χ4v) is 2.64. The zero-order valence-electron chi connectivity index (χ0n) is 11.3. The summed E-state index contributed by atoms with van der Waals surface area (Å²) in [4.78, 5) is 12.3. The Hall–Kier alpha value is -0.580. The summed E-state index contributed by atoms with van der Waals surface area (Å²) >= 11 is 3.41. The minimum atomic E-state index is -0.0862. The van der Waals surface area contributed by atoms with Crippen molar-refractivity contribution in [3.05, 3.63) is 33.8 Å². The molecule has 3 nitrogen and oxygen atoms in total. The van der Waals surface area contributed by atoms with Crippen molar-refractivity contribution in [3.8, 4) is 0 Å². The van der Waals surface area contributed by atoms with Crippen molar-refractivity contribution in [1.82, 2.24) is 10.6 Å². The van der Waals surface area contributed by atoms with Crippen LogP contribution in [0.3, 0.4) is 0 Å². The molecule has 0 bridgehead atoms. The van der Waals surface area contributed by atoms with Crippen LogP contribution >= 0.6 is 28.3 Å². The summed E-state index contributed by atoms with van der Waals surface area (Å²) in [5.41, 5.74) is 1.68. The van der Waals surface area contributed by atoms with E-state index in [-0.39, 0.29) is 23.9 Å². The molecule has 2 rings (SSSR count). The Labute approximate surface area is 129 Å². The van der Waals surface area contributed by atoms with E-state index in [1.165, 1.54) is 0 Å². The molecule has 1 aromatic carbocycles. The number of amides is 1. The number of aryl methyl sites for hydroxylation is 1. The summed E-state index contributed by atoms with van der Waals surface area (Å²) < 4.78 is 0.939. The van der Waals surface area contributed by atoms with Crippen LogP contribution in [0.15, 0.2) is 22.7 Å². The molecule has 1 fully saturated rings. The third kappa shape index (κ3) is 4.20. The molecule has 1 aromatic rings. The molecule has 0 atom stereocenters. The molecule has 106 valence electrons. The van der Waals surface area contributed by atoms with Gasteiger partial charge in [-0.25, -0.2) is 0 Å². The van der Waals surface area contributed by atoms with Crippen LogP contribution in [0.25, 0.3) is 0 Å². The molecule has 1 aliphatic rings. The molecule has 5 heteroatoms. The van der Waals surface area contributed by atoms with E-state index >= 15 is 0 Å². The van der Waals surface area contributed by atoms with Crippen LogP contribution in [0, 0.1) is 6.92 Å². The number of piperidine rings is 1. The smallest absolute Gasteiger partial charge is 0.252 e. The first-order valence-corrected chi connectivity index (χ1v) is 7.09. The van der Waals surface area contributed by atoms with Crippen molar-refractivity contribution in [2.45, 2.75) is 32.2 Å². The molecule has 19 heavy (non-hydrogen) atoms. The summed E-state index contributed by atoms with van der Waals surface area (Å²) in [6, 6.07) is 5.80. The summed E-state index contributed by atoms with van der Waals surface area (Å²) in [5.74, 6) is 0.0261. The van der Waals surface area contributed by atoms with Gasteiger partial charge in [-0.1, -0.05) is 22.0 Å². The maximum Gasteiger partial charge on any atom is 0.252 e. The molecular weight excluding hydrogens is 328 g/mol. The summed E-state index contributed by atoms with van der Waals surface area (Å²) in [6.07, 6.45) is 1.96. The van der Waals surface area contributed by atoms with E-state index in [0.29, 0.717) is 0 Å². The Morgan fingerprint density at radius 1 is 1.37 bits per heavy atom. The van der Waals surface area contributed by atoms with Gasteiger partial charge in [0.05, 0.1) is 0 Å². The van der Waals surface area contributed by atoms with E-state index in [2.05, 4.69) is 33.5 Å². The molecule has 1 amide bonds. The van der Waals surface area contributed by atoms with Crippen molar-refractivity contribution >= 4 is 34.2 Å². The lowest BCUT2D eigenvalue weighted by Gasteiger charge is -2.35. The first kappa shape index (κ1) is 16.5. The second-order valence-corrected chi connectivity index (χ2v) is 6.14. The van der Waals surface area contributed by atoms with Crippen molar-refractivity contribution in [2.75, 3.05) is 13.1 Å². The predicted molar refractivity (Wildman–Crippen MR) is 84.1 cm³/mol. The third-order valence-electron chi connectivity index (χ3n) is 3.57. The SMILES string of the molecule is Cc1ccc(Br)cc1C(=O)NC1(C)CCNCC1.Cl. The van der Waals surface area contributed by atoms with Crippen molar-refractivity contribution < 1.29 is 4.79 Å². The van der Waals surface area contributed by atoms with Crippen LogP contribution in [0.4, 0.5) is 0 Å². The van der Waals surface area contributed by atoms with E-state index in [1.807, 2.05) is 25.1 Å². The van der Waals surface area contributed by atoms with Gasteiger partial charge in [-0.2, -0.15) is 0 Å². The van der Waals surface area contributed by atoms with E-state index < -0.39 is 0 Å². The Balaban J connectivity index is 0.00000180. The topological polar surface area (TPSA) is 41.1 Å². The largest absolute Gasteiger partial charge is 0.347 e. The minimum absolute atomic E-state index is 0. The van der Waals surface area contributed by atoms with Gasteiger partial charge < -0.3 is 10.6 Å². The Bertz CT molecular complexity index is 459. The van der Waals surface area contributed by atoms with Crippen LogP contribution < -0.4 is 10.6 Å². The lowest BCUT2D eigenvalue weighted by Crippen LogP contribution is -2.52. The number of carbonyl (C=O) groups is 1. The maximum absolute atomic E-state index is 12.3. The number of hydrogen-bond acceptors (Lipinski definition) is 2. The summed E-state index contributed by atoms with van der Waals surface area (Å²) in [5, 5.41) is 6.49. The van der Waals surface area contributed by atoms with Crippen molar-refractivity contribution in [1.29, 1.82) is 0 Å². The number of benzene rings is 1. The zero-order valence-corrected chi connectivity index (χ0v) is 13.7. The first-order valence-electron chi connectivity index (χ1n) is 6.30. The average Bonchev–Trinajstić information content (AvgIpc) is 2.32. The number of carbonyl (C=O) groups excluding carboxylic acids is 1. The second kappa shape index (κ2) is 6.73. The van der Waals surface area contributed by atoms with Gasteiger partial charge in [0.1, 0.15) is 0 Å². The highest BCUT2D eigenvalue weighted by Crippen LogP contribution is 2.20. The average molecular weight is 348 g/mol. The number of hydrogen-bond donors (Lipinski definition) is 2. The molecule has 2 N–H and O–H groups in total.